The first-order valence-corrected chi connectivity index (χ1v) is 13.0. The zero-order chi connectivity index (χ0) is 23.8. The average Bonchev–Trinajstić information content (AvgIpc) is 3.38. The molecule has 0 radical (unpaired) electrons. The van der Waals surface area contributed by atoms with Gasteiger partial charge in [-0.05, 0) is 24.8 Å². The van der Waals surface area contributed by atoms with Crippen molar-refractivity contribution in [3.8, 4) is 0 Å². The molecule has 2 bridgehead atoms. The van der Waals surface area contributed by atoms with Gasteiger partial charge in [-0.2, -0.15) is 0 Å². The van der Waals surface area contributed by atoms with Gasteiger partial charge in [0.2, 0.25) is 11.8 Å². The van der Waals surface area contributed by atoms with Crippen LogP contribution in [0.15, 0.2) is 43.0 Å². The number of unbranched alkanes of at least 4 members (excludes halogenated alkanes) is 1. The summed E-state index contributed by atoms with van der Waals surface area (Å²) in [7, 11) is 0. The van der Waals surface area contributed by atoms with Crippen LogP contribution in [0.1, 0.15) is 24.8 Å². The van der Waals surface area contributed by atoms with Crippen LogP contribution in [0, 0.1) is 11.8 Å². The number of aliphatic hydroxyl groups excluding tert-OH is 1. The van der Waals surface area contributed by atoms with Gasteiger partial charge in [0.05, 0.1) is 16.6 Å². The predicted octanol–water partition coefficient (Wildman–Crippen LogP) is 2.52. The van der Waals surface area contributed by atoms with Crippen molar-refractivity contribution in [3.63, 3.8) is 0 Å². The monoisotopic (exact) mass is 536 g/mol. The number of fused-ring (bicyclic) bond motifs is 1. The zero-order valence-corrected chi connectivity index (χ0v) is 20.7. The molecule has 7 nitrogen and oxygen atoms in total. The quantitative estimate of drug-likeness (QED) is 0.271. The highest BCUT2D eigenvalue weighted by atomic mass is 79.9. The van der Waals surface area contributed by atoms with Crippen molar-refractivity contribution in [1.29, 1.82) is 0 Å². The maximum Gasteiger partial charge on any atom is 0.308 e. The Hall–Kier alpha value is -1.84. The normalized spacial score (nSPS) is 32.1. The second-order valence-corrected chi connectivity index (χ2v) is 11.7. The lowest BCUT2D eigenvalue weighted by molar-refractivity contribution is -0.148. The molecule has 3 aliphatic rings. The second kappa shape index (κ2) is 9.80. The van der Waals surface area contributed by atoms with E-state index in [9.17, 15) is 24.6 Å². The fraction of sp³-hybridized carbons (Fsp3) is 0.542. The minimum atomic E-state index is -0.979. The average molecular weight is 537 g/mol. The van der Waals surface area contributed by atoms with Crippen molar-refractivity contribution >= 4 is 45.5 Å². The van der Waals surface area contributed by atoms with Gasteiger partial charge in [-0.1, -0.05) is 52.3 Å². The molecule has 1 aromatic carbocycles. The van der Waals surface area contributed by atoms with Crippen LogP contribution >= 0.6 is 27.7 Å². The van der Waals surface area contributed by atoms with Gasteiger partial charge in [0.25, 0.3) is 0 Å². The molecule has 4 rings (SSSR count). The number of carboxylic acid groups (broad SMARTS) is 1. The number of halogens is 1. The molecule has 0 aromatic heterocycles. The Balaban J connectivity index is 1.71. The number of amides is 2. The van der Waals surface area contributed by atoms with Crippen molar-refractivity contribution in [2.75, 3.05) is 19.7 Å². The van der Waals surface area contributed by atoms with E-state index in [4.69, 9.17) is 0 Å². The highest BCUT2D eigenvalue weighted by Crippen LogP contribution is 2.67. The first kappa shape index (κ1) is 24.3. The smallest absolute Gasteiger partial charge is 0.308 e. The minimum Gasteiger partial charge on any atom is -0.481 e. The third kappa shape index (κ3) is 4.12. The molecule has 3 fully saturated rings. The molecule has 1 aromatic rings. The second-order valence-electron chi connectivity index (χ2n) is 8.96. The SMILES string of the molecule is C=CCN(Cc1ccccc1)C(=O)C1N(CCCCO)C(=O)[C@@H]2[C@H](C(=O)O)[C@H]3SC12CC3Br. The molecular formula is C24H29BrN2O5S. The highest BCUT2D eigenvalue weighted by Gasteiger charge is 2.75. The maximum absolute atomic E-state index is 14.1. The van der Waals surface area contributed by atoms with E-state index in [0.717, 1.165) is 5.56 Å². The largest absolute Gasteiger partial charge is 0.481 e. The summed E-state index contributed by atoms with van der Waals surface area (Å²) in [6, 6.07) is 8.92. The van der Waals surface area contributed by atoms with E-state index in [1.807, 2.05) is 30.3 Å². The molecule has 2 N–H and O–H groups in total. The number of hydrogen-bond donors (Lipinski definition) is 2. The predicted molar refractivity (Wildman–Crippen MR) is 130 cm³/mol. The van der Waals surface area contributed by atoms with Gasteiger partial charge < -0.3 is 20.0 Å². The number of aliphatic carboxylic acids is 1. The van der Waals surface area contributed by atoms with Gasteiger partial charge >= 0.3 is 5.97 Å². The molecule has 3 unspecified atom stereocenters. The van der Waals surface area contributed by atoms with Crippen molar-refractivity contribution in [2.24, 2.45) is 11.8 Å². The number of thioether (sulfide) groups is 1. The van der Waals surface area contributed by atoms with Gasteiger partial charge in [0.15, 0.2) is 0 Å². The highest BCUT2D eigenvalue weighted by molar-refractivity contribution is 9.09. The Morgan fingerprint density at radius 1 is 1.30 bits per heavy atom. The number of benzene rings is 1. The lowest BCUT2D eigenvalue weighted by atomic mass is 9.71. The Kier molecular flexibility index (Phi) is 7.21. The summed E-state index contributed by atoms with van der Waals surface area (Å²) in [6.45, 7) is 4.86. The standard InChI is InChI=1S/C24H29BrN2O5S/c1-2-10-26(14-15-8-4-3-5-9-15)22(30)20-24-13-16(25)19(33-24)17(23(31)32)18(24)21(29)27(20)11-6-7-12-28/h2-5,8-9,16-20,28H,1,6-7,10-14H2,(H,31,32)/t16?,17-,18-,19-,20?,24?/m0/s1. The maximum atomic E-state index is 14.1. The number of carboxylic acids is 1. The van der Waals surface area contributed by atoms with Crippen LogP contribution in [0.4, 0.5) is 0 Å². The summed E-state index contributed by atoms with van der Waals surface area (Å²) in [6.07, 6.45) is 3.32. The molecule has 9 heteroatoms. The zero-order valence-electron chi connectivity index (χ0n) is 18.3. The van der Waals surface area contributed by atoms with Gasteiger partial charge in [-0.3, -0.25) is 14.4 Å². The Bertz CT molecular complexity index is 931. The summed E-state index contributed by atoms with van der Waals surface area (Å²) < 4.78 is -0.772. The van der Waals surface area contributed by atoms with Crippen LogP contribution < -0.4 is 0 Å². The molecule has 0 saturated carbocycles. The molecular weight excluding hydrogens is 508 g/mol. The van der Waals surface area contributed by atoms with Crippen LogP contribution in [0.5, 0.6) is 0 Å². The molecule has 33 heavy (non-hydrogen) atoms. The minimum absolute atomic E-state index is 0.00383. The number of nitrogens with zero attached hydrogens (tertiary/aromatic N) is 2. The molecule has 2 amide bonds. The molecule has 178 valence electrons. The van der Waals surface area contributed by atoms with E-state index in [1.54, 1.807) is 15.9 Å². The third-order valence-corrected chi connectivity index (χ3v) is 10.2. The van der Waals surface area contributed by atoms with E-state index in [2.05, 4.69) is 22.5 Å². The van der Waals surface area contributed by atoms with Crippen molar-refractivity contribution in [1.82, 2.24) is 9.80 Å². The van der Waals surface area contributed by atoms with Crippen LogP contribution in [-0.2, 0) is 20.9 Å². The van der Waals surface area contributed by atoms with Gasteiger partial charge in [-0.15, -0.1) is 18.3 Å². The van der Waals surface area contributed by atoms with Crippen LogP contribution in [0.2, 0.25) is 0 Å². The molecule has 1 spiro atoms. The van der Waals surface area contributed by atoms with Crippen molar-refractivity contribution in [2.45, 2.75) is 46.7 Å². The van der Waals surface area contributed by atoms with Crippen LogP contribution in [0.25, 0.3) is 0 Å². The van der Waals surface area contributed by atoms with Crippen molar-refractivity contribution < 1.29 is 24.6 Å². The molecule has 3 aliphatic heterocycles. The summed E-state index contributed by atoms with van der Waals surface area (Å²) >= 11 is 5.16. The van der Waals surface area contributed by atoms with E-state index in [-0.39, 0.29) is 28.5 Å². The van der Waals surface area contributed by atoms with Crippen LogP contribution in [-0.4, -0.2) is 78.4 Å². The van der Waals surface area contributed by atoms with Crippen molar-refractivity contribution in [3.05, 3.63) is 48.6 Å². The lowest BCUT2D eigenvalue weighted by Crippen LogP contribution is -2.55. The number of alkyl halides is 1. The van der Waals surface area contributed by atoms with Gasteiger partial charge in [0.1, 0.15) is 6.04 Å². The number of rotatable bonds is 10. The summed E-state index contributed by atoms with van der Waals surface area (Å²) in [5.74, 6) is -2.93. The number of aliphatic hydroxyl groups is 1. The van der Waals surface area contributed by atoms with E-state index < -0.39 is 28.6 Å². The van der Waals surface area contributed by atoms with Crippen LogP contribution in [0.3, 0.4) is 0 Å². The lowest BCUT2D eigenvalue weighted by Gasteiger charge is -2.37. The Labute approximate surface area is 206 Å². The number of likely N-dealkylation sites (tertiary alicyclic amines) is 1. The van der Waals surface area contributed by atoms with E-state index in [0.29, 0.717) is 38.9 Å². The summed E-state index contributed by atoms with van der Waals surface area (Å²) in [4.78, 5) is 43.2. The molecule has 0 aliphatic carbocycles. The molecule has 6 atom stereocenters. The number of carbonyl (C=O) groups excluding carboxylic acids is 2. The van der Waals surface area contributed by atoms with Gasteiger partial charge in [-0.25, -0.2) is 0 Å². The summed E-state index contributed by atoms with van der Waals surface area (Å²) in [5, 5.41) is 19.0. The molecule has 3 heterocycles. The topological polar surface area (TPSA) is 98.2 Å². The first-order valence-electron chi connectivity index (χ1n) is 11.3. The fourth-order valence-corrected chi connectivity index (χ4v) is 9.29. The Morgan fingerprint density at radius 2 is 2.03 bits per heavy atom. The fourth-order valence-electron chi connectivity index (χ4n) is 5.69. The first-order chi connectivity index (χ1) is 15.9. The molecule has 3 saturated heterocycles. The van der Waals surface area contributed by atoms with E-state index in [1.165, 1.54) is 11.8 Å². The number of carbonyl (C=O) groups is 3. The number of hydrogen-bond acceptors (Lipinski definition) is 5. The van der Waals surface area contributed by atoms with E-state index >= 15 is 0 Å². The third-order valence-electron chi connectivity index (χ3n) is 6.99. The summed E-state index contributed by atoms with van der Waals surface area (Å²) in [5.41, 5.74) is 0.975. The Morgan fingerprint density at radius 3 is 2.67 bits per heavy atom. The van der Waals surface area contributed by atoms with Gasteiger partial charge in [0, 0.05) is 36.3 Å².